The van der Waals surface area contributed by atoms with E-state index in [1.54, 1.807) is 10.9 Å². The summed E-state index contributed by atoms with van der Waals surface area (Å²) in [6.07, 6.45) is 2.37. The summed E-state index contributed by atoms with van der Waals surface area (Å²) in [5.74, 6) is 0. The molecule has 0 spiro atoms. The van der Waals surface area contributed by atoms with Crippen molar-refractivity contribution in [2.75, 3.05) is 13.1 Å². The molecule has 14 heavy (non-hydrogen) atoms. The van der Waals surface area contributed by atoms with E-state index in [0.717, 1.165) is 13.0 Å². The van der Waals surface area contributed by atoms with E-state index in [-0.39, 0.29) is 6.61 Å². The van der Waals surface area contributed by atoms with Crippen molar-refractivity contribution in [3.63, 3.8) is 0 Å². The van der Waals surface area contributed by atoms with Gasteiger partial charge in [-0.1, -0.05) is 5.21 Å². The van der Waals surface area contributed by atoms with Gasteiger partial charge in [0, 0.05) is 6.54 Å². The highest BCUT2D eigenvalue weighted by atomic mass is 16.3. The number of aliphatic hydroxyl groups is 2. The van der Waals surface area contributed by atoms with Gasteiger partial charge in [-0.15, -0.1) is 5.10 Å². The van der Waals surface area contributed by atoms with Gasteiger partial charge in [-0.2, -0.15) is 0 Å². The number of hydrogen-bond acceptors (Lipinski definition) is 5. The van der Waals surface area contributed by atoms with Gasteiger partial charge < -0.3 is 15.5 Å². The van der Waals surface area contributed by atoms with E-state index in [4.69, 9.17) is 5.11 Å². The third-order valence-electron chi connectivity index (χ3n) is 2.43. The van der Waals surface area contributed by atoms with Crippen LogP contribution in [0.15, 0.2) is 6.20 Å². The molecule has 6 heteroatoms. The van der Waals surface area contributed by atoms with Gasteiger partial charge in [0.2, 0.25) is 0 Å². The fraction of sp³-hybridized carbons (Fsp3) is 0.750. The van der Waals surface area contributed by atoms with Gasteiger partial charge in [0.15, 0.2) is 0 Å². The number of nitrogens with one attached hydrogen (secondary N) is 1. The molecule has 2 heterocycles. The van der Waals surface area contributed by atoms with E-state index in [0.29, 0.717) is 18.8 Å². The molecule has 2 rings (SSSR count). The van der Waals surface area contributed by atoms with E-state index in [2.05, 4.69) is 15.6 Å². The molecule has 0 amide bonds. The van der Waals surface area contributed by atoms with E-state index < -0.39 is 5.60 Å². The first-order valence-electron chi connectivity index (χ1n) is 4.65. The molecule has 3 N–H and O–H groups in total. The minimum absolute atomic E-state index is 0.114. The zero-order chi connectivity index (χ0) is 10.0. The van der Waals surface area contributed by atoms with Gasteiger partial charge in [-0.25, -0.2) is 4.68 Å². The Morgan fingerprint density at radius 3 is 3.07 bits per heavy atom. The summed E-state index contributed by atoms with van der Waals surface area (Å²) in [5.41, 5.74) is -0.194. The zero-order valence-corrected chi connectivity index (χ0v) is 7.85. The summed E-state index contributed by atoms with van der Waals surface area (Å²) in [6, 6.07) is 0. The van der Waals surface area contributed by atoms with Crippen molar-refractivity contribution in [3.8, 4) is 0 Å². The lowest BCUT2D eigenvalue weighted by Gasteiger charge is -2.20. The first-order chi connectivity index (χ1) is 6.72. The van der Waals surface area contributed by atoms with E-state index >= 15 is 0 Å². The molecule has 1 unspecified atom stereocenters. The van der Waals surface area contributed by atoms with Crippen molar-refractivity contribution in [2.45, 2.75) is 25.2 Å². The molecule has 0 aromatic carbocycles. The maximum Gasteiger partial charge on any atom is 0.108 e. The summed E-state index contributed by atoms with van der Waals surface area (Å²) >= 11 is 0. The average molecular weight is 198 g/mol. The second kappa shape index (κ2) is 3.64. The monoisotopic (exact) mass is 198 g/mol. The van der Waals surface area contributed by atoms with Crippen molar-refractivity contribution in [1.82, 2.24) is 20.3 Å². The second-order valence-corrected chi connectivity index (χ2v) is 3.72. The zero-order valence-electron chi connectivity index (χ0n) is 7.85. The van der Waals surface area contributed by atoms with Crippen LogP contribution in [0.25, 0.3) is 0 Å². The summed E-state index contributed by atoms with van der Waals surface area (Å²) < 4.78 is 1.57. The fourth-order valence-electron chi connectivity index (χ4n) is 1.66. The molecular weight excluding hydrogens is 184 g/mol. The average Bonchev–Trinajstić information content (AvgIpc) is 2.75. The van der Waals surface area contributed by atoms with Crippen molar-refractivity contribution >= 4 is 0 Å². The predicted octanol–water partition coefficient (Wildman–Crippen LogP) is -1.51. The van der Waals surface area contributed by atoms with Crippen LogP contribution in [0.2, 0.25) is 0 Å². The van der Waals surface area contributed by atoms with Crippen LogP contribution in [0.4, 0.5) is 0 Å². The van der Waals surface area contributed by atoms with E-state index in [9.17, 15) is 5.11 Å². The molecule has 0 bridgehead atoms. The Labute approximate surface area is 81.5 Å². The van der Waals surface area contributed by atoms with Crippen molar-refractivity contribution < 1.29 is 10.2 Å². The van der Waals surface area contributed by atoms with Crippen LogP contribution in [-0.4, -0.2) is 43.9 Å². The molecule has 0 aliphatic carbocycles. The largest absolute Gasteiger partial charge is 0.390 e. The lowest BCUT2D eigenvalue weighted by molar-refractivity contribution is 0.0391. The SMILES string of the molecule is OCc1cn(CC2(O)CCNC2)nn1. The molecule has 1 atom stereocenters. The Hall–Kier alpha value is -0.980. The van der Waals surface area contributed by atoms with Gasteiger partial charge >= 0.3 is 0 Å². The molecule has 1 aliphatic rings. The van der Waals surface area contributed by atoms with Crippen molar-refractivity contribution in [2.24, 2.45) is 0 Å². The van der Waals surface area contributed by atoms with Crippen LogP contribution in [0.1, 0.15) is 12.1 Å². The van der Waals surface area contributed by atoms with Crippen LogP contribution in [0.3, 0.4) is 0 Å². The Morgan fingerprint density at radius 1 is 1.64 bits per heavy atom. The van der Waals surface area contributed by atoms with Crippen molar-refractivity contribution in [3.05, 3.63) is 11.9 Å². The van der Waals surface area contributed by atoms with Crippen molar-refractivity contribution in [1.29, 1.82) is 0 Å². The summed E-state index contributed by atoms with van der Waals surface area (Å²) in [4.78, 5) is 0. The lowest BCUT2D eigenvalue weighted by Crippen LogP contribution is -2.36. The van der Waals surface area contributed by atoms with Gasteiger partial charge in [0.05, 0.1) is 24.9 Å². The predicted molar refractivity (Wildman–Crippen MR) is 48.4 cm³/mol. The molecule has 1 saturated heterocycles. The minimum Gasteiger partial charge on any atom is -0.390 e. The molecule has 6 nitrogen and oxygen atoms in total. The fourth-order valence-corrected chi connectivity index (χ4v) is 1.66. The first kappa shape index (κ1) is 9.57. The van der Waals surface area contributed by atoms with E-state index in [1.165, 1.54) is 0 Å². The molecule has 1 fully saturated rings. The number of nitrogens with zero attached hydrogens (tertiary/aromatic N) is 3. The molecule has 1 aromatic heterocycles. The standard InChI is InChI=1S/C8H14N4O2/c13-4-7-3-12(11-10-7)6-8(14)1-2-9-5-8/h3,9,13-14H,1-2,4-6H2. The van der Waals surface area contributed by atoms with E-state index in [1.807, 2.05) is 0 Å². The number of aromatic nitrogens is 3. The Kier molecular flexibility index (Phi) is 2.49. The number of aliphatic hydroxyl groups excluding tert-OH is 1. The van der Waals surface area contributed by atoms with Crippen LogP contribution >= 0.6 is 0 Å². The summed E-state index contributed by atoms with van der Waals surface area (Å²) in [7, 11) is 0. The highest BCUT2D eigenvalue weighted by Gasteiger charge is 2.31. The smallest absolute Gasteiger partial charge is 0.108 e. The summed E-state index contributed by atoms with van der Waals surface area (Å²) in [5, 5.41) is 29.4. The normalized spacial score (nSPS) is 27.0. The Morgan fingerprint density at radius 2 is 2.50 bits per heavy atom. The van der Waals surface area contributed by atoms with Crippen LogP contribution < -0.4 is 5.32 Å². The molecular formula is C8H14N4O2. The third kappa shape index (κ3) is 1.92. The first-order valence-corrected chi connectivity index (χ1v) is 4.65. The molecule has 1 aromatic rings. The van der Waals surface area contributed by atoms with Gasteiger partial charge in [-0.3, -0.25) is 0 Å². The van der Waals surface area contributed by atoms with Crippen LogP contribution in [-0.2, 0) is 13.2 Å². The third-order valence-corrected chi connectivity index (χ3v) is 2.43. The maximum absolute atomic E-state index is 10.0. The minimum atomic E-state index is -0.722. The quantitative estimate of drug-likeness (QED) is 0.550. The second-order valence-electron chi connectivity index (χ2n) is 3.72. The lowest BCUT2D eigenvalue weighted by atomic mass is 10.0. The van der Waals surface area contributed by atoms with Gasteiger partial charge in [0.1, 0.15) is 5.69 Å². The molecule has 0 radical (unpaired) electrons. The maximum atomic E-state index is 10.0. The molecule has 0 saturated carbocycles. The molecule has 1 aliphatic heterocycles. The Balaban J connectivity index is 2.02. The molecule has 78 valence electrons. The van der Waals surface area contributed by atoms with Crippen LogP contribution in [0, 0.1) is 0 Å². The number of hydrogen-bond donors (Lipinski definition) is 3. The topological polar surface area (TPSA) is 83.2 Å². The van der Waals surface area contributed by atoms with Crippen LogP contribution in [0.5, 0.6) is 0 Å². The highest BCUT2D eigenvalue weighted by molar-refractivity contribution is 4.93. The van der Waals surface area contributed by atoms with Gasteiger partial charge in [-0.05, 0) is 13.0 Å². The summed E-state index contributed by atoms with van der Waals surface area (Å²) in [6.45, 7) is 1.73. The number of rotatable bonds is 3. The Bertz CT molecular complexity index is 306. The highest BCUT2D eigenvalue weighted by Crippen LogP contribution is 2.16. The van der Waals surface area contributed by atoms with Gasteiger partial charge in [0.25, 0.3) is 0 Å². The number of β-amino-alcohol motifs (C(OH)–C–C–N with tert-alkyl or cyclic N) is 1.